The third-order valence-corrected chi connectivity index (χ3v) is 28.5. The molecule has 0 spiro atoms. The monoisotopic (exact) mass is 991 g/mol. The molecule has 4 aliphatic carbocycles. The first-order valence-corrected chi connectivity index (χ1v) is 33.8. The molecular weight excluding hydrogens is 926 g/mol. The summed E-state index contributed by atoms with van der Waals surface area (Å²) in [7, 11) is -5.52. The molecule has 0 bridgehead atoms. The molecular formula is C68H66BN3Si2. The van der Waals surface area contributed by atoms with Crippen LogP contribution in [-0.2, 0) is 38.5 Å². The highest BCUT2D eigenvalue weighted by atomic mass is 28.3. The molecule has 3 nitrogen and oxygen atoms in total. The fourth-order valence-corrected chi connectivity index (χ4v) is 25.8. The first kappa shape index (κ1) is 44.0. The average molecular weight is 992 g/mol. The van der Waals surface area contributed by atoms with E-state index in [-0.39, 0.29) is 6.71 Å². The van der Waals surface area contributed by atoms with Gasteiger partial charge >= 0.3 is 0 Å². The Labute approximate surface area is 440 Å². The Morgan fingerprint density at radius 2 is 1.01 bits per heavy atom. The molecule has 2 atom stereocenters. The van der Waals surface area contributed by atoms with Crippen molar-refractivity contribution in [2.45, 2.75) is 128 Å². The van der Waals surface area contributed by atoms with Crippen LogP contribution in [0.3, 0.4) is 0 Å². The van der Waals surface area contributed by atoms with Gasteiger partial charge in [0.25, 0.3) is 0 Å². The van der Waals surface area contributed by atoms with E-state index in [4.69, 9.17) is 0 Å². The number of aromatic nitrogens is 2. The highest BCUT2D eigenvalue weighted by molar-refractivity contribution is 7.28. The summed E-state index contributed by atoms with van der Waals surface area (Å²) in [4.78, 5) is 2.91. The zero-order valence-corrected chi connectivity index (χ0v) is 45.4. The predicted molar refractivity (Wildman–Crippen MR) is 318 cm³/mol. The van der Waals surface area contributed by atoms with Crippen LogP contribution >= 0.6 is 0 Å². The minimum atomic E-state index is -3.08. The first-order chi connectivity index (χ1) is 36.5. The standard InChI is InChI=1S/C68H66BN3Si2/c1-73(2)64-41-45(70-60-34-18-14-29-54(60)55-30-20-36-63(55)70)37-39-56(64)69-57-40-38-46(71-58-32-16-12-26-51(58)52-27-13-17-33-59(52)71)42-65(57)74(48-21-6-3-7-22-48,49-23-8-4-9-24-49)67-44-47(43-66(73)68(67)69)72-61-31-11-5-10-25-50(61)53-28-15-19-35-62(53)72/h3-4,6-9,14-15,18-19,21-24,28-29,34-35,37-44,50,61H,5,10-13,16-17,20,25-27,30-33,36H2,1-2H3. The summed E-state index contributed by atoms with van der Waals surface area (Å²) in [5, 5.41) is 10.9. The lowest BCUT2D eigenvalue weighted by molar-refractivity contribution is 0.529. The molecule has 0 radical (unpaired) electrons. The molecule has 7 aliphatic rings. The molecule has 2 unspecified atom stereocenters. The Hall–Kier alpha value is -6.34. The van der Waals surface area contributed by atoms with Gasteiger partial charge in [-0.05, 0) is 175 Å². The van der Waals surface area contributed by atoms with Crippen molar-refractivity contribution in [2.75, 3.05) is 4.90 Å². The lowest BCUT2D eigenvalue weighted by atomic mass is 9.36. The number of nitrogens with zero attached hydrogens (tertiary/aromatic N) is 3. The van der Waals surface area contributed by atoms with E-state index in [2.05, 4.69) is 185 Å². The van der Waals surface area contributed by atoms with Gasteiger partial charge < -0.3 is 14.0 Å². The highest BCUT2D eigenvalue weighted by Crippen LogP contribution is 2.50. The zero-order valence-electron chi connectivity index (χ0n) is 43.4. The zero-order chi connectivity index (χ0) is 48.9. The maximum Gasteiger partial charge on any atom is 0.240 e. The highest BCUT2D eigenvalue weighted by Gasteiger charge is 2.55. The number of hydrogen-bond acceptors (Lipinski definition) is 1. The summed E-state index contributed by atoms with van der Waals surface area (Å²) in [5.41, 5.74) is 23.0. The molecule has 6 heteroatoms. The fourth-order valence-electron chi connectivity index (χ4n) is 17.1. The molecule has 1 saturated carbocycles. The molecule has 9 aromatic rings. The molecule has 3 aliphatic heterocycles. The average Bonchev–Trinajstić information content (AvgIpc) is 4.28. The van der Waals surface area contributed by atoms with Crippen LogP contribution in [0.15, 0.2) is 158 Å². The van der Waals surface area contributed by atoms with Crippen LogP contribution in [0.2, 0.25) is 13.1 Å². The summed E-state index contributed by atoms with van der Waals surface area (Å²) in [6, 6.07) is 64.9. The summed E-state index contributed by atoms with van der Waals surface area (Å²) >= 11 is 0. The van der Waals surface area contributed by atoms with Crippen LogP contribution in [0.4, 0.5) is 11.4 Å². The smallest absolute Gasteiger partial charge is 0.240 e. The van der Waals surface area contributed by atoms with Crippen LogP contribution in [0.25, 0.3) is 22.3 Å². The van der Waals surface area contributed by atoms with Crippen molar-refractivity contribution in [1.29, 1.82) is 0 Å². The molecule has 2 aromatic heterocycles. The van der Waals surface area contributed by atoms with E-state index in [0.29, 0.717) is 12.0 Å². The second kappa shape index (κ2) is 16.6. The molecule has 364 valence electrons. The van der Waals surface area contributed by atoms with Crippen molar-refractivity contribution in [3.05, 3.63) is 197 Å². The molecule has 0 amide bonds. The molecule has 0 N–H and O–H groups in total. The summed E-state index contributed by atoms with van der Waals surface area (Å²) in [5.74, 6) is 0.562. The SMILES string of the molecule is C[Si]1(C)c2cc(-n3c4c(c5ccccc53)CCC4)ccc2B2c3ccc(-n4c5c(c6c4CCCC6)CCCC5)cc3[Si](c3ccccc3)(c3ccccc3)c3cc(N4c5ccccc5C5CCCCCC54)cc1c32. The largest absolute Gasteiger partial charge is 0.338 e. The van der Waals surface area contributed by atoms with E-state index in [9.17, 15) is 0 Å². The minimum absolute atomic E-state index is 0.131. The van der Waals surface area contributed by atoms with Crippen LogP contribution in [0.5, 0.6) is 0 Å². The van der Waals surface area contributed by atoms with Gasteiger partial charge in [0.1, 0.15) is 8.07 Å². The van der Waals surface area contributed by atoms with Gasteiger partial charge in [-0.1, -0.05) is 168 Å². The van der Waals surface area contributed by atoms with E-state index in [1.165, 1.54) is 151 Å². The van der Waals surface area contributed by atoms with Crippen molar-refractivity contribution < 1.29 is 0 Å². The number of rotatable bonds is 5. The third kappa shape index (κ3) is 6.01. The van der Waals surface area contributed by atoms with E-state index >= 15 is 0 Å². The fraction of sp³-hybridized carbons (Fsp3) is 0.294. The van der Waals surface area contributed by atoms with Crippen LogP contribution in [-0.4, -0.2) is 38.0 Å². The van der Waals surface area contributed by atoms with Gasteiger partial charge in [0.2, 0.25) is 6.71 Å². The lowest BCUT2D eigenvalue weighted by Crippen LogP contribution is -2.92. The van der Waals surface area contributed by atoms with Crippen molar-refractivity contribution in [3.8, 4) is 11.4 Å². The van der Waals surface area contributed by atoms with Crippen LogP contribution in [0.1, 0.15) is 109 Å². The molecule has 1 fully saturated rings. The second-order valence-corrected chi connectivity index (χ2v) is 32.1. The van der Waals surface area contributed by atoms with E-state index in [0.717, 1.165) is 6.42 Å². The Balaban J connectivity index is 1.03. The molecule has 74 heavy (non-hydrogen) atoms. The first-order valence-electron chi connectivity index (χ1n) is 28.8. The Morgan fingerprint density at radius 3 is 1.77 bits per heavy atom. The van der Waals surface area contributed by atoms with Crippen molar-refractivity contribution >= 4 is 92.6 Å². The van der Waals surface area contributed by atoms with Gasteiger partial charge in [-0.15, -0.1) is 0 Å². The topological polar surface area (TPSA) is 13.1 Å². The quantitative estimate of drug-likeness (QED) is 0.157. The second-order valence-electron chi connectivity index (χ2n) is 24.0. The Kier molecular flexibility index (Phi) is 9.86. The number of aryl methyl sites for hydroxylation is 1. The molecule has 16 rings (SSSR count). The van der Waals surface area contributed by atoms with Crippen molar-refractivity contribution in [3.63, 3.8) is 0 Å². The van der Waals surface area contributed by atoms with Gasteiger partial charge in [0.15, 0.2) is 8.07 Å². The Morgan fingerprint density at radius 1 is 0.446 bits per heavy atom. The molecule has 0 saturated heterocycles. The number of benzene rings is 7. The molecule has 5 heterocycles. The van der Waals surface area contributed by atoms with Gasteiger partial charge in [-0.2, -0.15) is 0 Å². The lowest BCUT2D eigenvalue weighted by Gasteiger charge is -2.49. The van der Waals surface area contributed by atoms with E-state index in [1.807, 2.05) is 0 Å². The number of fused-ring (bicyclic) bond motifs is 13. The molecule has 7 aromatic carbocycles. The number of hydrogen-bond donors (Lipinski definition) is 0. The van der Waals surface area contributed by atoms with E-state index in [1.54, 1.807) is 65.3 Å². The summed E-state index contributed by atoms with van der Waals surface area (Å²) in [6.45, 7) is 5.58. The minimum Gasteiger partial charge on any atom is -0.338 e. The van der Waals surface area contributed by atoms with E-state index < -0.39 is 16.1 Å². The van der Waals surface area contributed by atoms with Gasteiger partial charge in [-0.25, -0.2) is 0 Å². The van der Waals surface area contributed by atoms with Gasteiger partial charge in [0.05, 0.1) is 5.52 Å². The number of para-hydroxylation sites is 2. The normalized spacial score (nSPS) is 20.4. The third-order valence-electron chi connectivity index (χ3n) is 20.1. The van der Waals surface area contributed by atoms with Crippen molar-refractivity contribution in [2.24, 2.45) is 0 Å². The maximum atomic E-state index is 2.91. The van der Waals surface area contributed by atoms with Gasteiger partial charge in [0, 0.05) is 57.2 Å². The summed E-state index contributed by atoms with van der Waals surface area (Å²) in [6.07, 6.45) is 20.1. The van der Waals surface area contributed by atoms with Gasteiger partial charge in [-0.3, -0.25) is 0 Å². The van der Waals surface area contributed by atoms with Crippen molar-refractivity contribution in [1.82, 2.24) is 9.13 Å². The number of anilines is 2. The van der Waals surface area contributed by atoms with Crippen LogP contribution < -0.4 is 52.4 Å². The Bertz CT molecular complexity index is 3700. The maximum absolute atomic E-state index is 3.08. The predicted octanol–water partition coefficient (Wildman–Crippen LogP) is 9.58. The van der Waals surface area contributed by atoms with Crippen LogP contribution in [0, 0.1) is 0 Å². The summed E-state index contributed by atoms with van der Waals surface area (Å²) < 4.78 is 5.51.